The summed E-state index contributed by atoms with van der Waals surface area (Å²) in [5.74, 6) is 1.76. The molecule has 1 amide bonds. The van der Waals surface area contributed by atoms with Gasteiger partial charge in [-0.1, -0.05) is 17.3 Å². The molecule has 160 valence electrons. The standard InChI is InChI=1S/C22H24N6O3/c1-14-16-6-2-3-7-17(16)25-21(24-14)10-23-22(29)18-12-28(27-26-18)11-15-13-30-19-8-4-5-9-20(19)31-15/h4-5,8-9,12,15H,2-3,6-7,10-11,13H2,1H3,(H,23,29). The van der Waals surface area contributed by atoms with Crippen LogP contribution in [0.3, 0.4) is 0 Å². The normalized spacial score (nSPS) is 17.1. The minimum absolute atomic E-state index is 0.209. The molecule has 0 saturated heterocycles. The van der Waals surface area contributed by atoms with Crippen molar-refractivity contribution in [2.75, 3.05) is 6.61 Å². The summed E-state index contributed by atoms with van der Waals surface area (Å²) >= 11 is 0. The van der Waals surface area contributed by atoms with Gasteiger partial charge in [-0.2, -0.15) is 0 Å². The van der Waals surface area contributed by atoms with E-state index in [-0.39, 0.29) is 24.2 Å². The van der Waals surface area contributed by atoms with Crippen LogP contribution >= 0.6 is 0 Å². The summed E-state index contributed by atoms with van der Waals surface area (Å²) in [6, 6.07) is 7.54. The van der Waals surface area contributed by atoms with Gasteiger partial charge in [0.25, 0.3) is 5.91 Å². The molecular formula is C22H24N6O3. The second-order valence-electron chi connectivity index (χ2n) is 7.86. The van der Waals surface area contributed by atoms with Gasteiger partial charge in [-0.05, 0) is 50.3 Å². The van der Waals surface area contributed by atoms with E-state index in [1.165, 1.54) is 12.0 Å². The number of carbonyl (C=O) groups excluding carboxylic acids is 1. The third-order valence-corrected chi connectivity index (χ3v) is 5.57. The molecule has 2 aromatic heterocycles. The van der Waals surface area contributed by atoms with E-state index in [4.69, 9.17) is 9.47 Å². The number of amides is 1. The van der Waals surface area contributed by atoms with Crippen molar-refractivity contribution >= 4 is 5.91 Å². The molecule has 9 heteroatoms. The van der Waals surface area contributed by atoms with Crippen LogP contribution in [0.5, 0.6) is 11.5 Å². The molecule has 3 heterocycles. The van der Waals surface area contributed by atoms with Crippen molar-refractivity contribution in [2.24, 2.45) is 0 Å². The van der Waals surface area contributed by atoms with Gasteiger partial charge in [0.15, 0.2) is 23.3 Å². The number of aromatic nitrogens is 5. The number of aryl methyl sites for hydroxylation is 2. The first kappa shape index (κ1) is 19.5. The molecule has 5 rings (SSSR count). The van der Waals surface area contributed by atoms with Gasteiger partial charge >= 0.3 is 0 Å². The van der Waals surface area contributed by atoms with E-state index < -0.39 is 0 Å². The molecule has 0 saturated carbocycles. The Balaban J connectivity index is 1.19. The summed E-state index contributed by atoms with van der Waals surface area (Å²) < 4.78 is 13.3. The van der Waals surface area contributed by atoms with Crippen molar-refractivity contribution in [3.05, 3.63) is 58.9 Å². The highest BCUT2D eigenvalue weighted by atomic mass is 16.6. The van der Waals surface area contributed by atoms with Gasteiger partial charge in [-0.25, -0.2) is 14.6 Å². The fraction of sp³-hybridized carbons (Fsp3) is 0.409. The Kier molecular flexibility index (Phi) is 5.23. The van der Waals surface area contributed by atoms with Crippen LogP contribution in [0.1, 0.15) is 46.1 Å². The summed E-state index contributed by atoms with van der Waals surface area (Å²) in [4.78, 5) is 21.7. The maximum Gasteiger partial charge on any atom is 0.273 e. The van der Waals surface area contributed by atoms with Gasteiger partial charge in [-0.3, -0.25) is 4.79 Å². The highest BCUT2D eigenvalue weighted by Gasteiger charge is 2.22. The first-order valence-electron chi connectivity index (χ1n) is 10.6. The third-order valence-electron chi connectivity index (χ3n) is 5.57. The zero-order valence-corrected chi connectivity index (χ0v) is 17.4. The summed E-state index contributed by atoms with van der Waals surface area (Å²) in [7, 11) is 0. The molecule has 1 aliphatic heterocycles. The Morgan fingerprint density at radius 1 is 1.19 bits per heavy atom. The van der Waals surface area contributed by atoms with Crippen LogP contribution in [-0.4, -0.2) is 43.6 Å². The smallest absolute Gasteiger partial charge is 0.273 e. The highest BCUT2D eigenvalue weighted by molar-refractivity contribution is 5.91. The predicted octanol–water partition coefficient (Wildman–Crippen LogP) is 2.03. The van der Waals surface area contributed by atoms with Crippen molar-refractivity contribution in [3.63, 3.8) is 0 Å². The fourth-order valence-corrected chi connectivity index (χ4v) is 4.03. The lowest BCUT2D eigenvalue weighted by atomic mass is 9.95. The minimum Gasteiger partial charge on any atom is -0.486 e. The quantitative estimate of drug-likeness (QED) is 0.673. The molecule has 1 aromatic carbocycles. The number of rotatable bonds is 5. The lowest BCUT2D eigenvalue weighted by Gasteiger charge is -2.26. The number of fused-ring (bicyclic) bond motifs is 2. The number of nitrogens with one attached hydrogen (secondary N) is 1. The van der Waals surface area contributed by atoms with Crippen LogP contribution in [0.15, 0.2) is 30.5 Å². The van der Waals surface area contributed by atoms with Gasteiger partial charge in [0.2, 0.25) is 0 Å². The molecule has 31 heavy (non-hydrogen) atoms. The van der Waals surface area contributed by atoms with E-state index in [0.717, 1.165) is 36.4 Å². The number of benzene rings is 1. The van der Waals surface area contributed by atoms with Gasteiger partial charge < -0.3 is 14.8 Å². The molecule has 0 spiro atoms. The second kappa shape index (κ2) is 8.33. The molecule has 3 aromatic rings. The third kappa shape index (κ3) is 4.21. The zero-order chi connectivity index (χ0) is 21.2. The number of nitrogens with zero attached hydrogens (tertiary/aromatic N) is 5. The maximum atomic E-state index is 12.5. The van der Waals surface area contributed by atoms with Gasteiger partial charge in [-0.15, -0.1) is 5.10 Å². The molecule has 0 bridgehead atoms. The number of carbonyl (C=O) groups is 1. The van der Waals surface area contributed by atoms with E-state index in [0.29, 0.717) is 24.7 Å². The van der Waals surface area contributed by atoms with Crippen LogP contribution in [0, 0.1) is 6.92 Å². The first-order chi connectivity index (χ1) is 15.2. The first-order valence-corrected chi connectivity index (χ1v) is 10.6. The molecule has 0 radical (unpaired) electrons. The molecular weight excluding hydrogens is 396 g/mol. The number of ether oxygens (including phenoxy) is 2. The molecule has 1 aliphatic carbocycles. The maximum absolute atomic E-state index is 12.5. The number of para-hydroxylation sites is 2. The molecule has 2 aliphatic rings. The topological polar surface area (TPSA) is 104 Å². The average molecular weight is 420 g/mol. The predicted molar refractivity (Wildman–Crippen MR) is 111 cm³/mol. The van der Waals surface area contributed by atoms with E-state index in [1.807, 2.05) is 31.2 Å². The van der Waals surface area contributed by atoms with Crippen LogP contribution in [0.2, 0.25) is 0 Å². The van der Waals surface area contributed by atoms with E-state index in [2.05, 4.69) is 25.6 Å². The Bertz CT molecular complexity index is 1110. The molecule has 9 nitrogen and oxygen atoms in total. The number of hydrogen-bond donors (Lipinski definition) is 1. The molecule has 1 atom stereocenters. The molecule has 0 fully saturated rings. The largest absolute Gasteiger partial charge is 0.486 e. The van der Waals surface area contributed by atoms with Crippen molar-refractivity contribution in [1.29, 1.82) is 0 Å². The zero-order valence-electron chi connectivity index (χ0n) is 17.4. The Hall–Kier alpha value is -3.49. The summed E-state index contributed by atoms with van der Waals surface area (Å²) in [6.07, 6.45) is 5.76. The van der Waals surface area contributed by atoms with Crippen LogP contribution in [-0.2, 0) is 25.9 Å². The average Bonchev–Trinajstić information content (AvgIpc) is 3.26. The van der Waals surface area contributed by atoms with Crippen LogP contribution < -0.4 is 14.8 Å². The molecule has 1 N–H and O–H groups in total. The van der Waals surface area contributed by atoms with Gasteiger partial charge in [0, 0.05) is 11.4 Å². The van der Waals surface area contributed by atoms with E-state index in [9.17, 15) is 4.79 Å². The lowest BCUT2D eigenvalue weighted by Crippen LogP contribution is -2.33. The molecule has 1 unspecified atom stereocenters. The SMILES string of the molecule is Cc1nc(CNC(=O)c2cn(CC3COc4ccccc4O3)nn2)nc2c1CCCC2. The second-order valence-corrected chi connectivity index (χ2v) is 7.86. The van der Waals surface area contributed by atoms with E-state index in [1.54, 1.807) is 10.9 Å². The lowest BCUT2D eigenvalue weighted by molar-refractivity contribution is 0.0754. The Labute approximate surface area is 179 Å². The monoisotopic (exact) mass is 420 g/mol. The van der Waals surface area contributed by atoms with Crippen LogP contribution in [0.4, 0.5) is 0 Å². The fourth-order valence-electron chi connectivity index (χ4n) is 4.03. The van der Waals surface area contributed by atoms with Crippen molar-refractivity contribution in [1.82, 2.24) is 30.3 Å². The summed E-state index contributed by atoms with van der Waals surface area (Å²) in [6.45, 7) is 3.11. The van der Waals surface area contributed by atoms with Crippen molar-refractivity contribution < 1.29 is 14.3 Å². The summed E-state index contributed by atoms with van der Waals surface area (Å²) in [5.41, 5.74) is 3.63. The van der Waals surface area contributed by atoms with Crippen LogP contribution in [0.25, 0.3) is 0 Å². The number of hydrogen-bond acceptors (Lipinski definition) is 7. The minimum atomic E-state index is -0.309. The van der Waals surface area contributed by atoms with Crippen molar-refractivity contribution in [3.8, 4) is 11.5 Å². The summed E-state index contributed by atoms with van der Waals surface area (Å²) in [5, 5.41) is 10.9. The van der Waals surface area contributed by atoms with E-state index >= 15 is 0 Å². The van der Waals surface area contributed by atoms with Gasteiger partial charge in [0.1, 0.15) is 12.4 Å². The van der Waals surface area contributed by atoms with Gasteiger partial charge in [0.05, 0.1) is 19.3 Å². The highest BCUT2D eigenvalue weighted by Crippen LogP contribution is 2.31. The Morgan fingerprint density at radius 2 is 2.03 bits per heavy atom. The van der Waals surface area contributed by atoms with Crippen molar-refractivity contribution in [2.45, 2.75) is 51.8 Å². The Morgan fingerprint density at radius 3 is 2.94 bits per heavy atom.